The summed E-state index contributed by atoms with van der Waals surface area (Å²) in [7, 11) is 3.52. The maximum absolute atomic E-state index is 12.8. The summed E-state index contributed by atoms with van der Waals surface area (Å²) >= 11 is 5.92. The molecular weight excluding hydrogens is 442 g/mol. The number of halogens is 1. The predicted molar refractivity (Wildman–Crippen MR) is 124 cm³/mol. The van der Waals surface area contributed by atoms with Gasteiger partial charge in [0.2, 0.25) is 17.6 Å². The van der Waals surface area contributed by atoms with E-state index >= 15 is 0 Å². The standard InChI is InChI=1S/C24H24ClN5O3/c1-30-15-14-26-24(30)22(16-8-12-19(32-2)13-9-16)27-20(31)4-3-5-21-28-23(29-33-21)17-6-10-18(25)11-7-17/h6-15,22H,3-5H2,1-2H3,(H,27,31). The highest BCUT2D eigenvalue weighted by molar-refractivity contribution is 6.30. The summed E-state index contributed by atoms with van der Waals surface area (Å²) < 4.78 is 12.5. The Hall–Kier alpha value is -3.65. The lowest BCUT2D eigenvalue weighted by Crippen LogP contribution is -2.31. The van der Waals surface area contributed by atoms with Gasteiger partial charge in [-0.1, -0.05) is 28.9 Å². The van der Waals surface area contributed by atoms with Crippen molar-refractivity contribution in [2.75, 3.05) is 7.11 Å². The summed E-state index contributed by atoms with van der Waals surface area (Å²) in [6.45, 7) is 0. The minimum Gasteiger partial charge on any atom is -0.497 e. The molecule has 1 amide bonds. The third-order valence-corrected chi connectivity index (χ3v) is 5.49. The average molecular weight is 466 g/mol. The van der Waals surface area contributed by atoms with E-state index in [2.05, 4.69) is 20.4 Å². The van der Waals surface area contributed by atoms with Gasteiger partial charge < -0.3 is 19.1 Å². The molecule has 2 aromatic carbocycles. The zero-order chi connectivity index (χ0) is 23.2. The summed E-state index contributed by atoms with van der Waals surface area (Å²) in [6.07, 6.45) is 4.96. The van der Waals surface area contributed by atoms with Crippen LogP contribution in [0.3, 0.4) is 0 Å². The lowest BCUT2D eigenvalue weighted by molar-refractivity contribution is -0.121. The van der Waals surface area contributed by atoms with Crippen LogP contribution in [0, 0.1) is 0 Å². The number of aryl methyl sites for hydroxylation is 2. The maximum Gasteiger partial charge on any atom is 0.226 e. The second-order valence-electron chi connectivity index (χ2n) is 7.54. The van der Waals surface area contributed by atoms with Gasteiger partial charge in [-0.15, -0.1) is 0 Å². The molecule has 0 aliphatic carbocycles. The van der Waals surface area contributed by atoms with E-state index in [0.717, 1.165) is 22.7 Å². The van der Waals surface area contributed by atoms with Gasteiger partial charge in [0.15, 0.2) is 0 Å². The van der Waals surface area contributed by atoms with Crippen molar-refractivity contribution in [3.63, 3.8) is 0 Å². The van der Waals surface area contributed by atoms with E-state index in [4.69, 9.17) is 20.9 Å². The van der Waals surface area contributed by atoms with Gasteiger partial charge in [-0.3, -0.25) is 4.79 Å². The monoisotopic (exact) mass is 465 g/mol. The molecule has 1 N–H and O–H groups in total. The molecule has 4 aromatic rings. The third kappa shape index (κ3) is 5.59. The van der Waals surface area contributed by atoms with Crippen LogP contribution in [0.2, 0.25) is 5.02 Å². The Balaban J connectivity index is 1.37. The van der Waals surface area contributed by atoms with Crippen LogP contribution < -0.4 is 10.1 Å². The topological polar surface area (TPSA) is 95.1 Å². The highest BCUT2D eigenvalue weighted by atomic mass is 35.5. The molecule has 0 saturated carbocycles. The van der Waals surface area contributed by atoms with Crippen LogP contribution in [0.15, 0.2) is 65.4 Å². The first-order valence-corrected chi connectivity index (χ1v) is 10.9. The van der Waals surface area contributed by atoms with Crippen LogP contribution in [0.25, 0.3) is 11.4 Å². The Bertz CT molecular complexity index is 1200. The van der Waals surface area contributed by atoms with Gasteiger partial charge in [0.05, 0.1) is 7.11 Å². The van der Waals surface area contributed by atoms with Gasteiger partial charge in [0, 0.05) is 42.9 Å². The van der Waals surface area contributed by atoms with Crippen LogP contribution in [0.5, 0.6) is 5.75 Å². The largest absolute Gasteiger partial charge is 0.497 e. The molecule has 2 aromatic heterocycles. The van der Waals surface area contributed by atoms with Gasteiger partial charge in [-0.25, -0.2) is 4.98 Å². The van der Waals surface area contributed by atoms with Crippen molar-refractivity contribution in [1.82, 2.24) is 25.0 Å². The van der Waals surface area contributed by atoms with Crippen molar-refractivity contribution < 1.29 is 14.1 Å². The highest BCUT2D eigenvalue weighted by Crippen LogP contribution is 2.23. The molecule has 0 aliphatic heterocycles. The van der Waals surface area contributed by atoms with Crippen LogP contribution in [0.1, 0.15) is 36.2 Å². The fourth-order valence-electron chi connectivity index (χ4n) is 3.45. The number of rotatable bonds is 9. The van der Waals surface area contributed by atoms with Gasteiger partial charge in [-0.2, -0.15) is 4.98 Å². The lowest BCUT2D eigenvalue weighted by atomic mass is 10.1. The summed E-state index contributed by atoms with van der Waals surface area (Å²) in [6, 6.07) is 14.4. The Kier molecular flexibility index (Phi) is 7.04. The molecular formula is C24H24ClN5O3. The number of nitrogens with zero attached hydrogens (tertiary/aromatic N) is 4. The van der Waals surface area contributed by atoms with E-state index in [-0.39, 0.29) is 11.9 Å². The van der Waals surface area contributed by atoms with E-state index in [9.17, 15) is 4.79 Å². The number of benzene rings is 2. The van der Waals surface area contributed by atoms with Crippen molar-refractivity contribution >= 4 is 17.5 Å². The molecule has 4 rings (SSSR count). The van der Waals surface area contributed by atoms with E-state index < -0.39 is 0 Å². The first kappa shape index (κ1) is 22.5. The first-order chi connectivity index (χ1) is 16.0. The molecule has 1 unspecified atom stereocenters. The highest BCUT2D eigenvalue weighted by Gasteiger charge is 2.21. The van der Waals surface area contributed by atoms with E-state index in [1.54, 1.807) is 25.4 Å². The first-order valence-electron chi connectivity index (χ1n) is 10.5. The van der Waals surface area contributed by atoms with E-state index in [1.165, 1.54) is 0 Å². The van der Waals surface area contributed by atoms with E-state index in [1.807, 2.05) is 54.2 Å². The Morgan fingerprint density at radius 1 is 1.18 bits per heavy atom. The van der Waals surface area contributed by atoms with Crippen LogP contribution in [-0.4, -0.2) is 32.7 Å². The van der Waals surface area contributed by atoms with Crippen LogP contribution >= 0.6 is 11.6 Å². The molecule has 0 aliphatic rings. The molecule has 0 fully saturated rings. The van der Waals surface area contributed by atoms with Crippen LogP contribution in [0.4, 0.5) is 0 Å². The number of aromatic nitrogens is 4. The fraction of sp³-hybridized carbons (Fsp3) is 0.250. The number of ether oxygens (including phenoxy) is 1. The summed E-state index contributed by atoms with van der Waals surface area (Å²) in [5, 5.41) is 7.75. The molecule has 0 bridgehead atoms. The normalized spacial score (nSPS) is 11.8. The van der Waals surface area contributed by atoms with Gasteiger partial charge in [-0.05, 0) is 48.4 Å². The number of amides is 1. The molecule has 0 saturated heterocycles. The third-order valence-electron chi connectivity index (χ3n) is 5.24. The minimum absolute atomic E-state index is 0.0868. The second-order valence-corrected chi connectivity index (χ2v) is 7.98. The number of carbonyl (C=O) groups excluding carboxylic acids is 1. The number of methoxy groups -OCH3 is 1. The molecule has 1 atom stereocenters. The van der Waals surface area contributed by atoms with Crippen LogP contribution in [-0.2, 0) is 18.3 Å². The van der Waals surface area contributed by atoms with Crippen molar-refractivity contribution in [2.24, 2.45) is 7.05 Å². The Labute approximate surface area is 196 Å². The minimum atomic E-state index is -0.372. The lowest BCUT2D eigenvalue weighted by Gasteiger charge is -2.19. The maximum atomic E-state index is 12.8. The van der Waals surface area contributed by atoms with Crippen molar-refractivity contribution in [3.05, 3.63) is 83.2 Å². The molecule has 2 heterocycles. The predicted octanol–water partition coefficient (Wildman–Crippen LogP) is 4.36. The summed E-state index contributed by atoms with van der Waals surface area (Å²) in [4.78, 5) is 21.6. The average Bonchev–Trinajstić information content (AvgIpc) is 3.47. The van der Waals surface area contributed by atoms with Gasteiger partial charge in [0.1, 0.15) is 17.6 Å². The zero-order valence-corrected chi connectivity index (χ0v) is 19.1. The fourth-order valence-corrected chi connectivity index (χ4v) is 3.58. The van der Waals surface area contributed by atoms with Gasteiger partial charge >= 0.3 is 0 Å². The number of nitrogens with one attached hydrogen (secondary N) is 1. The molecule has 8 nitrogen and oxygen atoms in total. The van der Waals surface area contributed by atoms with Gasteiger partial charge in [0.25, 0.3) is 0 Å². The Morgan fingerprint density at radius 2 is 1.94 bits per heavy atom. The quantitative estimate of drug-likeness (QED) is 0.394. The van der Waals surface area contributed by atoms with E-state index in [0.29, 0.717) is 36.0 Å². The Morgan fingerprint density at radius 3 is 2.61 bits per heavy atom. The number of hydrogen-bond donors (Lipinski definition) is 1. The number of imidazole rings is 1. The second kappa shape index (κ2) is 10.3. The molecule has 170 valence electrons. The number of hydrogen-bond acceptors (Lipinski definition) is 6. The molecule has 9 heteroatoms. The zero-order valence-electron chi connectivity index (χ0n) is 18.4. The molecule has 0 radical (unpaired) electrons. The number of carbonyl (C=O) groups is 1. The smallest absolute Gasteiger partial charge is 0.226 e. The molecule has 33 heavy (non-hydrogen) atoms. The molecule has 0 spiro atoms. The summed E-state index contributed by atoms with van der Waals surface area (Å²) in [5.41, 5.74) is 1.74. The summed E-state index contributed by atoms with van der Waals surface area (Å²) in [5.74, 6) is 2.40. The van der Waals surface area contributed by atoms with Crippen molar-refractivity contribution in [2.45, 2.75) is 25.3 Å². The van der Waals surface area contributed by atoms with Crippen molar-refractivity contribution in [1.29, 1.82) is 0 Å². The van der Waals surface area contributed by atoms with Crippen molar-refractivity contribution in [3.8, 4) is 17.1 Å². The SMILES string of the molecule is COc1ccc(C(NC(=O)CCCc2nc(-c3ccc(Cl)cc3)no2)c2nccn2C)cc1.